The zero-order valence-electron chi connectivity index (χ0n) is 8.93. The Bertz CT molecular complexity index is 428. The standard InChI is InChI=1S/C10H13BrN2O3S/c11-6-17(16)13-8-3-1-2-7(4-8)5-9(12)10(14)15/h1-4,9,13H,5-6,12H2,(H,14,15)/t9-,17?/m0/s1. The van der Waals surface area contributed by atoms with E-state index in [9.17, 15) is 9.00 Å². The molecule has 0 radical (unpaired) electrons. The van der Waals surface area contributed by atoms with Gasteiger partial charge in [-0.3, -0.25) is 4.79 Å². The molecule has 1 unspecified atom stereocenters. The molecule has 94 valence electrons. The highest BCUT2D eigenvalue weighted by Gasteiger charge is 2.12. The van der Waals surface area contributed by atoms with Gasteiger partial charge in [-0.2, -0.15) is 0 Å². The molecule has 1 aromatic carbocycles. The van der Waals surface area contributed by atoms with E-state index < -0.39 is 23.0 Å². The highest BCUT2D eigenvalue weighted by molar-refractivity contribution is 9.10. The second-order valence-corrected chi connectivity index (χ2v) is 5.89. The summed E-state index contributed by atoms with van der Waals surface area (Å²) >= 11 is 3.09. The van der Waals surface area contributed by atoms with E-state index in [4.69, 9.17) is 10.8 Å². The smallest absolute Gasteiger partial charge is 0.320 e. The molecule has 0 spiro atoms. The van der Waals surface area contributed by atoms with Crippen molar-refractivity contribution in [3.63, 3.8) is 0 Å². The van der Waals surface area contributed by atoms with Crippen molar-refractivity contribution in [2.45, 2.75) is 12.5 Å². The number of alkyl halides is 1. The number of carboxylic acids is 1. The molecular weight excluding hydrogens is 308 g/mol. The Morgan fingerprint density at radius 3 is 2.88 bits per heavy atom. The predicted molar refractivity (Wildman–Crippen MR) is 71.3 cm³/mol. The van der Waals surface area contributed by atoms with Crippen LogP contribution < -0.4 is 10.5 Å². The highest BCUT2D eigenvalue weighted by atomic mass is 79.9. The molecule has 0 saturated heterocycles. The number of aliphatic carboxylic acids is 1. The van der Waals surface area contributed by atoms with Crippen LogP contribution in [0.4, 0.5) is 5.69 Å². The Balaban J connectivity index is 2.72. The normalized spacial score (nSPS) is 14.0. The van der Waals surface area contributed by atoms with E-state index in [2.05, 4.69) is 20.7 Å². The third kappa shape index (κ3) is 4.84. The van der Waals surface area contributed by atoms with Gasteiger partial charge in [-0.25, -0.2) is 4.21 Å². The summed E-state index contributed by atoms with van der Waals surface area (Å²) in [6.07, 6.45) is 0.242. The van der Waals surface area contributed by atoms with Crippen LogP contribution >= 0.6 is 15.9 Å². The van der Waals surface area contributed by atoms with Gasteiger partial charge in [0.05, 0.1) is 4.66 Å². The lowest BCUT2D eigenvalue weighted by atomic mass is 10.1. The molecule has 1 rings (SSSR count). The number of carboxylic acid groups (broad SMARTS) is 1. The quantitative estimate of drug-likeness (QED) is 0.683. The Morgan fingerprint density at radius 2 is 2.29 bits per heavy atom. The lowest BCUT2D eigenvalue weighted by Crippen LogP contribution is -2.32. The number of carbonyl (C=O) groups is 1. The summed E-state index contributed by atoms with van der Waals surface area (Å²) < 4.78 is 14.4. The molecule has 17 heavy (non-hydrogen) atoms. The van der Waals surface area contributed by atoms with Gasteiger partial charge >= 0.3 is 5.97 Å². The van der Waals surface area contributed by atoms with E-state index in [1.807, 2.05) is 0 Å². The molecule has 0 aliphatic heterocycles. The van der Waals surface area contributed by atoms with Gasteiger partial charge < -0.3 is 15.6 Å². The van der Waals surface area contributed by atoms with E-state index in [0.717, 1.165) is 5.56 Å². The first-order chi connectivity index (χ1) is 8.02. The predicted octanol–water partition coefficient (Wildman–Crippen LogP) is 1.07. The van der Waals surface area contributed by atoms with Gasteiger partial charge in [-0.05, 0) is 24.1 Å². The van der Waals surface area contributed by atoms with Gasteiger partial charge in [0.1, 0.15) is 17.0 Å². The maximum atomic E-state index is 11.3. The molecule has 0 amide bonds. The van der Waals surface area contributed by atoms with Gasteiger partial charge in [0.15, 0.2) is 0 Å². The molecule has 0 aromatic heterocycles. The number of halogens is 1. The van der Waals surface area contributed by atoms with Crippen LogP contribution in [0.5, 0.6) is 0 Å². The van der Waals surface area contributed by atoms with E-state index in [0.29, 0.717) is 10.3 Å². The summed E-state index contributed by atoms with van der Waals surface area (Å²) in [6.45, 7) is 0. The van der Waals surface area contributed by atoms with Gasteiger partial charge in [-0.1, -0.05) is 28.1 Å². The first-order valence-corrected chi connectivity index (χ1v) is 7.25. The Labute approximate surface area is 110 Å². The third-order valence-electron chi connectivity index (χ3n) is 2.03. The molecule has 0 saturated carbocycles. The van der Waals surface area contributed by atoms with Crippen LogP contribution in [0.25, 0.3) is 0 Å². The summed E-state index contributed by atoms with van der Waals surface area (Å²) in [5.41, 5.74) is 6.91. The zero-order valence-corrected chi connectivity index (χ0v) is 11.3. The van der Waals surface area contributed by atoms with Crippen molar-refractivity contribution < 1.29 is 14.1 Å². The van der Waals surface area contributed by atoms with E-state index >= 15 is 0 Å². The molecule has 0 aliphatic rings. The SMILES string of the molecule is N[C@@H](Cc1cccc(NS(=O)CBr)c1)C(=O)O. The van der Waals surface area contributed by atoms with Gasteiger partial charge in [-0.15, -0.1) is 0 Å². The van der Waals surface area contributed by atoms with Crippen molar-refractivity contribution in [3.8, 4) is 0 Å². The maximum absolute atomic E-state index is 11.3. The average Bonchev–Trinajstić information content (AvgIpc) is 2.29. The topological polar surface area (TPSA) is 92.4 Å². The molecule has 0 fully saturated rings. The summed E-state index contributed by atoms with van der Waals surface area (Å²) in [6, 6.07) is 6.12. The van der Waals surface area contributed by atoms with Crippen LogP contribution in [0, 0.1) is 0 Å². The fourth-order valence-corrected chi connectivity index (χ4v) is 2.05. The summed E-state index contributed by atoms with van der Waals surface area (Å²) in [7, 11) is -1.19. The fourth-order valence-electron chi connectivity index (χ4n) is 1.26. The van der Waals surface area contributed by atoms with Crippen molar-refractivity contribution in [2.24, 2.45) is 5.73 Å². The Hall–Kier alpha value is -0.920. The lowest BCUT2D eigenvalue weighted by molar-refractivity contribution is -0.138. The first kappa shape index (κ1) is 14.1. The van der Waals surface area contributed by atoms with Crippen molar-refractivity contribution in [1.29, 1.82) is 0 Å². The number of benzene rings is 1. The minimum Gasteiger partial charge on any atom is -0.480 e. The summed E-state index contributed by atoms with van der Waals surface area (Å²) in [5.74, 6) is -1.03. The number of hydrogen-bond acceptors (Lipinski definition) is 3. The zero-order chi connectivity index (χ0) is 12.8. The third-order valence-corrected chi connectivity index (χ3v) is 3.94. The Morgan fingerprint density at radius 1 is 1.59 bits per heavy atom. The first-order valence-electron chi connectivity index (χ1n) is 4.81. The molecule has 2 atom stereocenters. The molecule has 7 heteroatoms. The van der Waals surface area contributed by atoms with Crippen molar-refractivity contribution in [3.05, 3.63) is 29.8 Å². The minimum absolute atomic E-state index is 0.242. The van der Waals surface area contributed by atoms with E-state index in [1.165, 1.54) is 0 Å². The van der Waals surface area contributed by atoms with Gasteiger partial charge in [0, 0.05) is 5.69 Å². The Kier molecular flexibility index (Phi) is 5.60. The van der Waals surface area contributed by atoms with E-state index in [-0.39, 0.29) is 6.42 Å². The molecule has 5 nitrogen and oxygen atoms in total. The minimum atomic E-state index is -1.19. The summed E-state index contributed by atoms with van der Waals surface area (Å²) in [4.78, 5) is 10.6. The van der Waals surface area contributed by atoms with Crippen LogP contribution in [0.1, 0.15) is 5.56 Å². The summed E-state index contributed by atoms with van der Waals surface area (Å²) in [5, 5.41) is 8.70. The van der Waals surface area contributed by atoms with Gasteiger partial charge in [0.25, 0.3) is 0 Å². The fraction of sp³-hybridized carbons (Fsp3) is 0.300. The van der Waals surface area contributed by atoms with Crippen LogP contribution in [-0.4, -0.2) is 26.0 Å². The van der Waals surface area contributed by atoms with Crippen LogP contribution in [0.15, 0.2) is 24.3 Å². The average molecular weight is 321 g/mol. The van der Waals surface area contributed by atoms with Crippen molar-refractivity contribution in [1.82, 2.24) is 0 Å². The number of hydrogen-bond donors (Lipinski definition) is 3. The monoisotopic (exact) mass is 320 g/mol. The number of rotatable bonds is 6. The van der Waals surface area contributed by atoms with Crippen molar-refractivity contribution >= 4 is 38.6 Å². The highest BCUT2D eigenvalue weighted by Crippen LogP contribution is 2.13. The second kappa shape index (κ2) is 6.73. The number of nitrogens with one attached hydrogen (secondary N) is 1. The molecule has 0 aliphatic carbocycles. The van der Waals surface area contributed by atoms with Crippen LogP contribution in [-0.2, 0) is 22.2 Å². The molecule has 4 N–H and O–H groups in total. The van der Waals surface area contributed by atoms with E-state index in [1.54, 1.807) is 24.3 Å². The molecule has 0 bridgehead atoms. The molecular formula is C10H13BrN2O3S. The number of nitrogens with two attached hydrogens (primary N) is 1. The second-order valence-electron chi connectivity index (χ2n) is 3.41. The largest absolute Gasteiger partial charge is 0.480 e. The van der Waals surface area contributed by atoms with Crippen LogP contribution in [0.3, 0.4) is 0 Å². The maximum Gasteiger partial charge on any atom is 0.320 e. The number of anilines is 1. The molecule has 1 aromatic rings. The lowest BCUT2D eigenvalue weighted by Gasteiger charge is -2.09. The van der Waals surface area contributed by atoms with Crippen LogP contribution in [0.2, 0.25) is 0 Å². The molecule has 0 heterocycles. The van der Waals surface area contributed by atoms with Crippen molar-refractivity contribution in [2.75, 3.05) is 9.38 Å². The van der Waals surface area contributed by atoms with Gasteiger partial charge in [0.2, 0.25) is 0 Å².